The van der Waals surface area contributed by atoms with E-state index in [0.29, 0.717) is 11.5 Å². The van der Waals surface area contributed by atoms with Crippen molar-refractivity contribution in [1.82, 2.24) is 4.57 Å². The van der Waals surface area contributed by atoms with Crippen LogP contribution < -0.4 is 5.73 Å². The molecule has 4 N–H and O–H groups in total. The molecule has 0 saturated carbocycles. The number of phenolic OH excluding ortho intramolecular Hbond substituents is 2. The van der Waals surface area contributed by atoms with E-state index in [1.54, 1.807) is 62.8 Å². The average Bonchev–Trinajstić information content (AvgIpc) is 3.71. The van der Waals surface area contributed by atoms with Gasteiger partial charge in [0.25, 0.3) is 0 Å². The molecule has 0 spiro atoms. The Kier molecular flexibility index (Phi) is 49.9. The monoisotopic (exact) mass is 552 g/mol. The van der Waals surface area contributed by atoms with Crippen LogP contribution in [0.15, 0.2) is 85.2 Å². The SMILES string of the molecule is CC.CC.CC.CC.CN.COC1CCC(OC)O1.Cn1cccc1.Oc1ccccc1.Oc1ccccc1. The number of aromatic nitrogens is 1. The minimum absolute atomic E-state index is 0.0463. The smallest absolute Gasteiger partial charge is 0.160 e. The molecule has 1 aliphatic heterocycles. The van der Waals surface area contributed by atoms with Crippen molar-refractivity contribution in [2.24, 2.45) is 12.8 Å². The minimum Gasteiger partial charge on any atom is -0.508 e. The number of phenols is 2. The molecule has 1 aromatic heterocycles. The van der Waals surface area contributed by atoms with Crippen LogP contribution in [0.5, 0.6) is 11.5 Å². The first kappa shape index (κ1) is 46.0. The molecule has 2 aromatic carbocycles. The predicted octanol–water partition coefficient (Wildman–Crippen LogP) is 8.23. The van der Waals surface area contributed by atoms with E-state index < -0.39 is 0 Å². The highest BCUT2D eigenvalue weighted by Crippen LogP contribution is 2.19. The number of ether oxygens (including phenoxy) is 3. The Morgan fingerprint density at radius 1 is 0.615 bits per heavy atom. The second-order valence-corrected chi connectivity index (χ2v) is 6.06. The quantitative estimate of drug-likeness (QED) is 0.296. The van der Waals surface area contributed by atoms with E-state index in [4.69, 9.17) is 24.4 Å². The van der Waals surface area contributed by atoms with Crippen LogP contribution in [0.1, 0.15) is 68.2 Å². The summed E-state index contributed by atoms with van der Waals surface area (Å²) in [6, 6.07) is 21.4. The highest BCUT2D eigenvalue weighted by Gasteiger charge is 2.23. The molecule has 2 unspecified atom stereocenters. The first-order chi connectivity index (χ1) is 19.0. The first-order valence-electron chi connectivity index (χ1n) is 13.9. The Morgan fingerprint density at radius 2 is 0.897 bits per heavy atom. The van der Waals surface area contributed by atoms with Gasteiger partial charge in [0.05, 0.1) is 0 Å². The van der Waals surface area contributed by atoms with Crippen molar-refractivity contribution in [3.05, 3.63) is 85.2 Å². The maximum atomic E-state index is 8.63. The van der Waals surface area contributed by atoms with E-state index in [0.717, 1.165) is 12.8 Å². The zero-order chi connectivity index (χ0) is 31.3. The van der Waals surface area contributed by atoms with E-state index >= 15 is 0 Å². The van der Waals surface area contributed by atoms with Crippen LogP contribution >= 0.6 is 0 Å². The molecule has 39 heavy (non-hydrogen) atoms. The molecular formula is C32H60N2O5. The molecule has 228 valence electrons. The van der Waals surface area contributed by atoms with Crippen molar-refractivity contribution in [2.75, 3.05) is 21.3 Å². The van der Waals surface area contributed by atoms with Crippen molar-refractivity contribution in [2.45, 2.75) is 80.8 Å². The Bertz CT molecular complexity index is 679. The van der Waals surface area contributed by atoms with Gasteiger partial charge in [0.2, 0.25) is 0 Å². The van der Waals surface area contributed by atoms with Gasteiger partial charge in [-0.1, -0.05) is 91.8 Å². The molecule has 3 aromatic rings. The van der Waals surface area contributed by atoms with Crippen molar-refractivity contribution in [3.8, 4) is 11.5 Å². The van der Waals surface area contributed by atoms with Crippen LogP contribution in [0.25, 0.3) is 0 Å². The van der Waals surface area contributed by atoms with Crippen molar-refractivity contribution >= 4 is 0 Å². The lowest BCUT2D eigenvalue weighted by molar-refractivity contribution is -0.185. The fourth-order valence-electron chi connectivity index (χ4n) is 2.20. The lowest BCUT2D eigenvalue weighted by Gasteiger charge is -2.09. The molecule has 7 heteroatoms. The van der Waals surface area contributed by atoms with Gasteiger partial charge in [0, 0.05) is 46.5 Å². The summed E-state index contributed by atoms with van der Waals surface area (Å²) in [4.78, 5) is 0. The fraction of sp³-hybridized carbons (Fsp3) is 0.500. The zero-order valence-electron chi connectivity index (χ0n) is 26.8. The number of nitrogens with two attached hydrogens (primary N) is 1. The average molecular weight is 553 g/mol. The summed E-state index contributed by atoms with van der Waals surface area (Å²) in [5.74, 6) is 0.644. The third-order valence-corrected chi connectivity index (χ3v) is 3.73. The van der Waals surface area contributed by atoms with Crippen molar-refractivity contribution in [1.29, 1.82) is 0 Å². The Hall–Kier alpha value is -2.84. The summed E-state index contributed by atoms with van der Waals surface area (Å²) in [7, 11) is 6.78. The topological polar surface area (TPSA) is 99.1 Å². The van der Waals surface area contributed by atoms with E-state index in [1.807, 2.05) is 104 Å². The van der Waals surface area contributed by atoms with Gasteiger partial charge >= 0.3 is 0 Å². The number of rotatable bonds is 2. The van der Waals surface area contributed by atoms with Gasteiger partial charge in [-0.25, -0.2) is 0 Å². The molecule has 7 nitrogen and oxygen atoms in total. The summed E-state index contributed by atoms with van der Waals surface area (Å²) in [5.41, 5.74) is 4.50. The summed E-state index contributed by atoms with van der Waals surface area (Å²) >= 11 is 0. The molecule has 0 aliphatic carbocycles. The van der Waals surface area contributed by atoms with E-state index in [1.165, 1.54) is 7.05 Å². The second kappa shape index (κ2) is 42.3. The van der Waals surface area contributed by atoms with Crippen LogP contribution in [0, 0.1) is 0 Å². The zero-order valence-corrected chi connectivity index (χ0v) is 26.8. The molecule has 2 atom stereocenters. The van der Waals surface area contributed by atoms with Gasteiger partial charge in [0.15, 0.2) is 12.6 Å². The number of hydrogen-bond acceptors (Lipinski definition) is 6. The first-order valence-corrected chi connectivity index (χ1v) is 13.9. The number of aryl methyl sites for hydroxylation is 1. The summed E-state index contributed by atoms with van der Waals surface area (Å²) in [6.07, 6.45) is 5.79. The maximum absolute atomic E-state index is 8.63. The highest BCUT2D eigenvalue weighted by molar-refractivity contribution is 5.19. The number of nitrogens with zero attached hydrogens (tertiary/aromatic N) is 1. The van der Waals surface area contributed by atoms with E-state index in [9.17, 15) is 0 Å². The van der Waals surface area contributed by atoms with E-state index in [-0.39, 0.29) is 12.6 Å². The predicted molar refractivity (Wildman–Crippen MR) is 169 cm³/mol. The molecule has 2 heterocycles. The molecular weight excluding hydrogens is 492 g/mol. The van der Waals surface area contributed by atoms with Gasteiger partial charge in [-0.05, 0) is 43.4 Å². The van der Waals surface area contributed by atoms with Crippen LogP contribution in [0.2, 0.25) is 0 Å². The standard InChI is InChI=1S/C6H12O3.2C6H6O.C5H7N.4C2H6.CH5N/c1-7-5-3-4-6(8-2)9-5;2*7-6-4-2-1-3-5-6;1-6-4-2-3-5-6;5*1-2/h5-6H,3-4H2,1-2H3;2*1-5,7H;2-5H,1H3;4*1-2H3;2H2,1H3. The normalized spacial score (nSPS) is 13.4. The minimum atomic E-state index is -0.0463. The second-order valence-electron chi connectivity index (χ2n) is 6.06. The summed E-state index contributed by atoms with van der Waals surface area (Å²) < 4.78 is 17.1. The lowest BCUT2D eigenvalue weighted by atomic mass is 10.3. The summed E-state index contributed by atoms with van der Waals surface area (Å²) in [5, 5.41) is 17.3. The van der Waals surface area contributed by atoms with Crippen LogP contribution in [0.3, 0.4) is 0 Å². The number of benzene rings is 2. The van der Waals surface area contributed by atoms with Gasteiger partial charge in [0.1, 0.15) is 11.5 Å². The highest BCUT2D eigenvalue weighted by atomic mass is 16.8. The molecule has 1 fully saturated rings. The molecule has 4 rings (SSSR count). The van der Waals surface area contributed by atoms with Crippen LogP contribution in [-0.4, -0.2) is 48.6 Å². The summed E-state index contributed by atoms with van der Waals surface area (Å²) in [6.45, 7) is 16.0. The molecule has 0 amide bonds. The maximum Gasteiger partial charge on any atom is 0.160 e. The van der Waals surface area contributed by atoms with E-state index in [2.05, 4.69) is 5.73 Å². The molecule has 1 saturated heterocycles. The third-order valence-electron chi connectivity index (χ3n) is 3.73. The van der Waals surface area contributed by atoms with Gasteiger partial charge in [-0.2, -0.15) is 0 Å². The Morgan fingerprint density at radius 3 is 1.03 bits per heavy atom. The van der Waals surface area contributed by atoms with Crippen molar-refractivity contribution in [3.63, 3.8) is 0 Å². The van der Waals surface area contributed by atoms with Crippen molar-refractivity contribution < 1.29 is 24.4 Å². The van der Waals surface area contributed by atoms with Crippen LogP contribution in [0.4, 0.5) is 0 Å². The third kappa shape index (κ3) is 35.2. The number of aromatic hydroxyl groups is 2. The Balaban J connectivity index is -0.000000120. The number of hydrogen-bond donors (Lipinski definition) is 3. The van der Waals surface area contributed by atoms with Gasteiger partial charge in [-0.15, -0.1) is 0 Å². The largest absolute Gasteiger partial charge is 0.508 e. The van der Waals surface area contributed by atoms with Gasteiger partial charge < -0.3 is 34.7 Å². The Labute approximate surface area is 240 Å². The molecule has 0 bridgehead atoms. The fourth-order valence-corrected chi connectivity index (χ4v) is 2.20. The number of para-hydroxylation sites is 2. The van der Waals surface area contributed by atoms with Gasteiger partial charge in [-0.3, -0.25) is 0 Å². The molecule has 0 radical (unpaired) electrons. The molecule has 1 aliphatic rings. The van der Waals surface area contributed by atoms with Crippen LogP contribution in [-0.2, 0) is 21.3 Å². The number of methoxy groups -OCH3 is 2. The lowest BCUT2D eigenvalue weighted by Crippen LogP contribution is -2.13.